The Morgan fingerprint density at radius 1 is 1.07 bits per heavy atom. The van der Waals surface area contributed by atoms with Crippen molar-refractivity contribution in [3.8, 4) is 0 Å². The maximum absolute atomic E-state index is 12.8. The molecule has 8 heteroatoms. The molecule has 2 aliphatic rings. The highest BCUT2D eigenvalue weighted by atomic mass is 16.6. The van der Waals surface area contributed by atoms with Gasteiger partial charge >= 0.3 is 6.09 Å². The third kappa shape index (κ3) is 5.30. The number of piperazine rings is 1. The number of anilines is 1. The van der Waals surface area contributed by atoms with Crippen molar-refractivity contribution in [1.82, 2.24) is 19.8 Å². The van der Waals surface area contributed by atoms with E-state index in [1.165, 1.54) is 32.0 Å². The molecule has 1 saturated heterocycles. The van der Waals surface area contributed by atoms with Gasteiger partial charge in [-0.2, -0.15) is 0 Å². The summed E-state index contributed by atoms with van der Waals surface area (Å²) in [4.78, 5) is 36.4. The lowest BCUT2D eigenvalue weighted by Crippen LogP contribution is -2.50. The molecule has 2 fully saturated rings. The third-order valence-electron chi connectivity index (χ3n) is 5.19. The van der Waals surface area contributed by atoms with Crippen molar-refractivity contribution in [3.63, 3.8) is 0 Å². The van der Waals surface area contributed by atoms with Crippen LogP contribution in [0.4, 0.5) is 10.6 Å². The van der Waals surface area contributed by atoms with Crippen LogP contribution in [-0.2, 0) is 4.74 Å². The highest BCUT2D eigenvalue weighted by Crippen LogP contribution is 2.20. The van der Waals surface area contributed by atoms with Crippen molar-refractivity contribution in [2.45, 2.75) is 51.5 Å². The first-order valence-corrected chi connectivity index (χ1v) is 9.97. The van der Waals surface area contributed by atoms with Gasteiger partial charge in [-0.05, 0) is 19.8 Å². The Balaban J connectivity index is 1.56. The van der Waals surface area contributed by atoms with Gasteiger partial charge in [0.1, 0.15) is 17.8 Å². The van der Waals surface area contributed by atoms with Crippen LogP contribution < -0.4 is 5.32 Å². The van der Waals surface area contributed by atoms with Gasteiger partial charge in [-0.25, -0.2) is 14.8 Å². The second-order valence-corrected chi connectivity index (χ2v) is 7.10. The fourth-order valence-corrected chi connectivity index (χ4v) is 3.65. The molecule has 3 rings (SSSR count). The van der Waals surface area contributed by atoms with Crippen LogP contribution >= 0.6 is 0 Å². The molecule has 8 nitrogen and oxygen atoms in total. The van der Waals surface area contributed by atoms with E-state index in [0.717, 1.165) is 12.8 Å². The zero-order chi connectivity index (χ0) is 19.1. The van der Waals surface area contributed by atoms with Gasteiger partial charge in [0.15, 0.2) is 0 Å². The normalized spacial score (nSPS) is 18.7. The minimum atomic E-state index is -0.318. The molecular weight excluding hydrogens is 346 g/mol. The average molecular weight is 375 g/mol. The van der Waals surface area contributed by atoms with Crippen LogP contribution in [-0.4, -0.2) is 70.6 Å². The molecule has 1 aromatic heterocycles. The van der Waals surface area contributed by atoms with Crippen LogP contribution in [0.25, 0.3) is 0 Å². The minimum Gasteiger partial charge on any atom is -0.450 e. The number of amides is 2. The monoisotopic (exact) mass is 375 g/mol. The fraction of sp³-hybridized carbons (Fsp3) is 0.684. The van der Waals surface area contributed by atoms with Gasteiger partial charge in [0.2, 0.25) is 0 Å². The fourth-order valence-electron chi connectivity index (χ4n) is 3.65. The van der Waals surface area contributed by atoms with Crippen molar-refractivity contribution in [1.29, 1.82) is 0 Å². The first-order chi connectivity index (χ1) is 13.2. The van der Waals surface area contributed by atoms with E-state index in [1.54, 1.807) is 22.8 Å². The van der Waals surface area contributed by atoms with Crippen LogP contribution in [0.15, 0.2) is 12.4 Å². The van der Waals surface area contributed by atoms with E-state index in [-0.39, 0.29) is 12.0 Å². The quantitative estimate of drug-likeness (QED) is 0.814. The highest BCUT2D eigenvalue weighted by Gasteiger charge is 2.26. The number of rotatable bonds is 4. The van der Waals surface area contributed by atoms with Gasteiger partial charge < -0.3 is 19.9 Å². The highest BCUT2D eigenvalue weighted by molar-refractivity contribution is 5.93. The Morgan fingerprint density at radius 2 is 1.74 bits per heavy atom. The molecule has 0 spiro atoms. The Morgan fingerprint density at radius 3 is 2.41 bits per heavy atom. The number of nitrogens with zero attached hydrogens (tertiary/aromatic N) is 4. The summed E-state index contributed by atoms with van der Waals surface area (Å²) >= 11 is 0. The molecule has 2 amide bonds. The van der Waals surface area contributed by atoms with Crippen LogP contribution in [0.1, 0.15) is 55.9 Å². The number of hydrogen-bond donors (Lipinski definition) is 1. The van der Waals surface area contributed by atoms with Gasteiger partial charge in [0, 0.05) is 38.3 Å². The molecule has 1 aromatic rings. The van der Waals surface area contributed by atoms with Gasteiger partial charge in [-0.15, -0.1) is 0 Å². The first-order valence-electron chi connectivity index (χ1n) is 9.97. The number of carbonyl (C=O) groups excluding carboxylic acids is 2. The summed E-state index contributed by atoms with van der Waals surface area (Å²) < 4.78 is 5.01. The lowest BCUT2D eigenvalue weighted by atomic mass is 10.1. The molecule has 0 aromatic carbocycles. The molecule has 1 N–H and O–H groups in total. The van der Waals surface area contributed by atoms with E-state index in [4.69, 9.17) is 4.74 Å². The third-order valence-corrected chi connectivity index (χ3v) is 5.19. The van der Waals surface area contributed by atoms with Crippen LogP contribution in [0, 0.1) is 0 Å². The van der Waals surface area contributed by atoms with E-state index in [9.17, 15) is 9.59 Å². The zero-order valence-electron chi connectivity index (χ0n) is 16.0. The topological polar surface area (TPSA) is 87.7 Å². The molecule has 148 valence electrons. The van der Waals surface area contributed by atoms with Crippen molar-refractivity contribution in [2.24, 2.45) is 0 Å². The minimum absolute atomic E-state index is 0.121. The zero-order valence-corrected chi connectivity index (χ0v) is 16.0. The maximum Gasteiger partial charge on any atom is 0.409 e. The Hall–Kier alpha value is -2.38. The SMILES string of the molecule is CCOC(=O)N1CCN(C(=O)c2cc(NC3CCCCCC3)ncn2)CC1. The summed E-state index contributed by atoms with van der Waals surface area (Å²) in [7, 11) is 0. The van der Waals surface area contributed by atoms with E-state index in [0.29, 0.717) is 50.3 Å². The summed E-state index contributed by atoms with van der Waals surface area (Å²) in [6.45, 7) is 4.05. The molecule has 0 atom stereocenters. The van der Waals surface area contributed by atoms with Gasteiger partial charge in [0.05, 0.1) is 6.61 Å². The first kappa shape index (κ1) is 19.4. The molecule has 2 heterocycles. The van der Waals surface area contributed by atoms with Crippen LogP contribution in [0.5, 0.6) is 0 Å². The van der Waals surface area contributed by atoms with Gasteiger partial charge in [0.25, 0.3) is 5.91 Å². The van der Waals surface area contributed by atoms with E-state index in [1.807, 2.05) is 0 Å². The molecule has 1 saturated carbocycles. The summed E-state index contributed by atoms with van der Waals surface area (Å²) in [5, 5.41) is 3.46. The predicted octanol–water partition coefficient (Wildman–Crippen LogP) is 2.53. The van der Waals surface area contributed by atoms with Crippen LogP contribution in [0.2, 0.25) is 0 Å². The van der Waals surface area contributed by atoms with E-state index >= 15 is 0 Å². The number of nitrogens with one attached hydrogen (secondary N) is 1. The Bertz CT molecular complexity index is 638. The van der Waals surface area contributed by atoms with Gasteiger partial charge in [-0.1, -0.05) is 25.7 Å². The van der Waals surface area contributed by atoms with Gasteiger partial charge in [-0.3, -0.25) is 4.79 Å². The maximum atomic E-state index is 12.8. The second kappa shape index (κ2) is 9.53. The number of hydrogen-bond acceptors (Lipinski definition) is 6. The summed E-state index contributed by atoms with van der Waals surface area (Å²) in [6.07, 6.45) is 8.47. The number of aromatic nitrogens is 2. The smallest absolute Gasteiger partial charge is 0.409 e. The summed E-state index contributed by atoms with van der Waals surface area (Å²) in [5.74, 6) is 0.593. The largest absolute Gasteiger partial charge is 0.450 e. The number of ether oxygens (including phenoxy) is 1. The average Bonchev–Trinajstić information content (AvgIpc) is 2.96. The lowest BCUT2D eigenvalue weighted by molar-refractivity contribution is 0.0566. The molecular formula is C19H29N5O3. The van der Waals surface area contributed by atoms with Crippen molar-refractivity contribution >= 4 is 17.8 Å². The summed E-state index contributed by atoms with van der Waals surface area (Å²) in [6, 6.07) is 2.16. The molecule has 0 unspecified atom stereocenters. The van der Waals surface area contributed by atoms with Crippen molar-refractivity contribution in [3.05, 3.63) is 18.1 Å². The number of carbonyl (C=O) groups is 2. The predicted molar refractivity (Wildman–Crippen MR) is 102 cm³/mol. The van der Waals surface area contributed by atoms with Crippen molar-refractivity contribution < 1.29 is 14.3 Å². The molecule has 1 aliphatic carbocycles. The van der Waals surface area contributed by atoms with E-state index in [2.05, 4.69) is 15.3 Å². The summed E-state index contributed by atoms with van der Waals surface area (Å²) in [5.41, 5.74) is 0.394. The second-order valence-electron chi connectivity index (χ2n) is 7.10. The molecule has 27 heavy (non-hydrogen) atoms. The Labute approximate surface area is 160 Å². The van der Waals surface area contributed by atoms with E-state index < -0.39 is 0 Å². The lowest BCUT2D eigenvalue weighted by Gasteiger charge is -2.33. The van der Waals surface area contributed by atoms with Crippen molar-refractivity contribution in [2.75, 3.05) is 38.1 Å². The standard InChI is InChI=1S/C19H29N5O3/c1-2-27-19(26)24-11-9-23(10-12-24)18(25)16-13-17(21-14-20-16)22-15-7-5-3-4-6-8-15/h13-15H,2-12H2,1H3,(H,20,21,22). The Kier molecular flexibility index (Phi) is 6.84. The van der Waals surface area contributed by atoms with Crippen LogP contribution in [0.3, 0.4) is 0 Å². The molecule has 0 bridgehead atoms. The molecule has 0 radical (unpaired) electrons. The molecule has 1 aliphatic heterocycles.